The predicted octanol–water partition coefficient (Wildman–Crippen LogP) is 3.51. The topological polar surface area (TPSA) is 17.1 Å². The lowest BCUT2D eigenvalue weighted by Crippen LogP contribution is -1.98. The van der Waals surface area contributed by atoms with Crippen LogP contribution >= 0.6 is 0 Å². The first-order valence-corrected chi connectivity index (χ1v) is 5.46. The molecule has 0 aliphatic heterocycles. The van der Waals surface area contributed by atoms with Crippen molar-refractivity contribution in [2.75, 3.05) is 0 Å². The Morgan fingerprint density at radius 3 is 1.57 bits per heavy atom. The van der Waals surface area contributed by atoms with Crippen LogP contribution in [-0.2, 0) is 4.79 Å². The van der Waals surface area contributed by atoms with Crippen LogP contribution < -0.4 is 0 Å². The van der Waals surface area contributed by atoms with Crippen LogP contribution in [0.1, 0.15) is 40.5 Å². The molecule has 0 radical (unpaired) electrons. The maximum Gasteiger partial charge on any atom is 0.184 e. The molecule has 1 nitrogen and oxygen atoms in total. The first-order valence-electron chi connectivity index (χ1n) is 5.46. The van der Waals surface area contributed by atoms with Crippen molar-refractivity contribution in [3.63, 3.8) is 0 Å². The molecule has 0 spiro atoms. The van der Waals surface area contributed by atoms with Crippen molar-refractivity contribution in [2.24, 2.45) is 11.8 Å². The van der Waals surface area contributed by atoms with Gasteiger partial charge in [0.2, 0.25) is 0 Å². The number of carbonyl (C=O) groups is 1. The van der Waals surface area contributed by atoms with E-state index in [0.717, 1.165) is 24.0 Å². The van der Waals surface area contributed by atoms with Gasteiger partial charge in [0.25, 0.3) is 0 Å². The fourth-order valence-corrected chi connectivity index (χ4v) is 1.83. The molecule has 0 heterocycles. The molecule has 0 amide bonds. The molecule has 1 aliphatic rings. The van der Waals surface area contributed by atoms with Crippen molar-refractivity contribution in [1.82, 2.24) is 0 Å². The molecular weight excluding hydrogens is 172 g/mol. The highest BCUT2D eigenvalue weighted by Gasteiger charge is 2.22. The molecule has 0 saturated heterocycles. The average molecular weight is 192 g/mol. The van der Waals surface area contributed by atoms with Gasteiger partial charge in [0.05, 0.1) is 0 Å². The van der Waals surface area contributed by atoms with E-state index in [4.69, 9.17) is 0 Å². The molecule has 0 aromatic rings. The van der Waals surface area contributed by atoms with Gasteiger partial charge in [0.15, 0.2) is 5.78 Å². The average Bonchev–Trinajstić information content (AvgIpc) is 2.34. The van der Waals surface area contributed by atoms with Gasteiger partial charge in [0, 0.05) is 0 Å². The van der Waals surface area contributed by atoms with Crippen LogP contribution in [-0.4, -0.2) is 5.78 Å². The van der Waals surface area contributed by atoms with Crippen LogP contribution in [0.3, 0.4) is 0 Å². The Hall–Kier alpha value is -0.850. The molecule has 1 heteroatoms. The molecule has 0 aromatic heterocycles. The van der Waals surface area contributed by atoms with Gasteiger partial charge in [-0.3, -0.25) is 4.79 Å². The Morgan fingerprint density at radius 1 is 0.929 bits per heavy atom. The Kier molecular flexibility index (Phi) is 3.68. The molecule has 1 saturated carbocycles. The number of Topliss-reactive ketones (excluding diaryl/α,β-unsaturated/α-hetero) is 1. The normalized spacial score (nSPS) is 23.4. The van der Waals surface area contributed by atoms with Gasteiger partial charge in [0.1, 0.15) is 0 Å². The summed E-state index contributed by atoms with van der Waals surface area (Å²) in [5.41, 5.74) is 2.04. The van der Waals surface area contributed by atoms with Crippen LogP contribution in [0.5, 0.6) is 0 Å². The molecule has 78 valence electrons. The predicted molar refractivity (Wildman–Crippen MR) is 60.1 cm³/mol. The summed E-state index contributed by atoms with van der Waals surface area (Å²) < 4.78 is 0. The Bertz CT molecular complexity index is 252. The van der Waals surface area contributed by atoms with Gasteiger partial charge in [-0.15, -0.1) is 0 Å². The number of rotatable bonds is 2. The van der Waals surface area contributed by atoms with Crippen LogP contribution in [0.2, 0.25) is 0 Å². The third kappa shape index (κ3) is 2.83. The zero-order chi connectivity index (χ0) is 10.7. The largest absolute Gasteiger partial charge is 0.289 e. The van der Waals surface area contributed by atoms with E-state index in [0.29, 0.717) is 11.8 Å². The standard InChI is InChI=1S/C13H20O/c1-9(2)7-11-5-6-12(13(11)14)8-10(3)4/h7-10H,5-6H2,1-4H3. The van der Waals surface area contributed by atoms with Gasteiger partial charge < -0.3 is 0 Å². The highest BCUT2D eigenvalue weighted by molar-refractivity contribution is 6.10. The molecule has 14 heavy (non-hydrogen) atoms. The molecule has 0 aromatic carbocycles. The van der Waals surface area contributed by atoms with Crippen molar-refractivity contribution in [3.05, 3.63) is 23.3 Å². The molecule has 0 atom stereocenters. The summed E-state index contributed by atoms with van der Waals surface area (Å²) in [6, 6.07) is 0. The second kappa shape index (κ2) is 4.59. The first-order chi connectivity index (χ1) is 6.50. The van der Waals surface area contributed by atoms with Crippen LogP contribution in [0.25, 0.3) is 0 Å². The van der Waals surface area contributed by atoms with Crippen molar-refractivity contribution >= 4 is 5.78 Å². The van der Waals surface area contributed by atoms with Crippen molar-refractivity contribution < 1.29 is 4.79 Å². The second-order valence-electron chi connectivity index (χ2n) is 4.70. The zero-order valence-corrected chi connectivity index (χ0v) is 9.63. The molecule has 1 aliphatic carbocycles. The Balaban J connectivity index is 2.79. The summed E-state index contributed by atoms with van der Waals surface area (Å²) in [6.07, 6.45) is 6.08. The lowest BCUT2D eigenvalue weighted by Gasteiger charge is -1.99. The van der Waals surface area contributed by atoms with E-state index in [1.54, 1.807) is 0 Å². The molecule has 0 unspecified atom stereocenters. The monoisotopic (exact) mass is 192 g/mol. The molecule has 1 fully saturated rings. The number of carbonyl (C=O) groups excluding carboxylic acids is 1. The quantitative estimate of drug-likeness (QED) is 0.612. The fraction of sp³-hybridized carbons (Fsp3) is 0.615. The summed E-state index contributed by atoms with van der Waals surface area (Å²) in [4.78, 5) is 11.8. The zero-order valence-electron chi connectivity index (χ0n) is 9.63. The lowest BCUT2D eigenvalue weighted by atomic mass is 10.1. The molecule has 1 rings (SSSR count). The molecule has 0 bridgehead atoms. The van der Waals surface area contributed by atoms with Gasteiger partial charge >= 0.3 is 0 Å². The Morgan fingerprint density at radius 2 is 1.29 bits per heavy atom. The highest BCUT2D eigenvalue weighted by Crippen LogP contribution is 2.27. The number of hydrogen-bond acceptors (Lipinski definition) is 1. The maximum absolute atomic E-state index is 11.8. The minimum atomic E-state index is 0.285. The van der Waals surface area contributed by atoms with Gasteiger partial charge in [-0.2, -0.15) is 0 Å². The summed E-state index contributed by atoms with van der Waals surface area (Å²) in [5, 5.41) is 0. The van der Waals surface area contributed by atoms with E-state index < -0.39 is 0 Å². The third-order valence-corrected chi connectivity index (χ3v) is 2.32. The van der Waals surface area contributed by atoms with Crippen molar-refractivity contribution in [2.45, 2.75) is 40.5 Å². The van der Waals surface area contributed by atoms with Gasteiger partial charge in [-0.05, 0) is 35.8 Å². The van der Waals surface area contributed by atoms with E-state index in [2.05, 4.69) is 39.8 Å². The summed E-state index contributed by atoms with van der Waals surface area (Å²) in [5.74, 6) is 1.24. The van der Waals surface area contributed by atoms with Crippen LogP contribution in [0, 0.1) is 11.8 Å². The number of ketones is 1. The van der Waals surface area contributed by atoms with E-state index >= 15 is 0 Å². The molecule has 0 N–H and O–H groups in total. The second-order valence-corrected chi connectivity index (χ2v) is 4.70. The van der Waals surface area contributed by atoms with E-state index in [1.807, 2.05) is 0 Å². The van der Waals surface area contributed by atoms with Gasteiger partial charge in [-0.1, -0.05) is 39.8 Å². The smallest absolute Gasteiger partial charge is 0.184 e. The lowest BCUT2D eigenvalue weighted by molar-refractivity contribution is -0.111. The molecular formula is C13H20O. The van der Waals surface area contributed by atoms with Gasteiger partial charge in [-0.25, -0.2) is 0 Å². The minimum absolute atomic E-state index is 0.285. The van der Waals surface area contributed by atoms with E-state index in [9.17, 15) is 4.79 Å². The summed E-state index contributed by atoms with van der Waals surface area (Å²) in [6.45, 7) is 8.46. The fourth-order valence-electron chi connectivity index (χ4n) is 1.83. The summed E-state index contributed by atoms with van der Waals surface area (Å²) >= 11 is 0. The third-order valence-electron chi connectivity index (χ3n) is 2.32. The van der Waals surface area contributed by atoms with E-state index in [1.165, 1.54) is 0 Å². The van der Waals surface area contributed by atoms with Crippen molar-refractivity contribution in [1.29, 1.82) is 0 Å². The van der Waals surface area contributed by atoms with Crippen LogP contribution in [0.15, 0.2) is 23.3 Å². The Labute approximate surface area is 86.9 Å². The highest BCUT2D eigenvalue weighted by atomic mass is 16.1. The van der Waals surface area contributed by atoms with Crippen molar-refractivity contribution in [3.8, 4) is 0 Å². The first kappa shape index (κ1) is 11.2. The number of hydrogen-bond donors (Lipinski definition) is 0. The summed E-state index contributed by atoms with van der Waals surface area (Å²) in [7, 11) is 0. The van der Waals surface area contributed by atoms with E-state index in [-0.39, 0.29) is 5.78 Å². The number of allylic oxidation sites excluding steroid dienone is 4. The SMILES string of the molecule is CC(C)C=C1CCC(=CC(C)C)C1=O. The maximum atomic E-state index is 11.8. The minimum Gasteiger partial charge on any atom is -0.289 e. The van der Waals surface area contributed by atoms with Crippen LogP contribution in [0.4, 0.5) is 0 Å².